The Morgan fingerprint density at radius 2 is 2.00 bits per heavy atom. The SMILES string of the molecule is COc1ccc([C@@H]2CN(C(C)(C)C)C[C@H]2C(=O)O)c(F)c1.Cl. The predicted molar refractivity (Wildman–Crippen MR) is 85.4 cm³/mol. The van der Waals surface area contributed by atoms with Crippen LogP contribution in [0.5, 0.6) is 5.75 Å². The van der Waals surface area contributed by atoms with Crippen molar-refractivity contribution in [3.8, 4) is 5.75 Å². The number of likely N-dealkylation sites (tertiary alicyclic amines) is 1. The molecule has 1 heterocycles. The van der Waals surface area contributed by atoms with Gasteiger partial charge in [-0.15, -0.1) is 12.4 Å². The fraction of sp³-hybridized carbons (Fsp3) is 0.562. The van der Waals surface area contributed by atoms with Crippen molar-refractivity contribution < 1.29 is 19.0 Å². The molecule has 1 aliphatic rings. The van der Waals surface area contributed by atoms with Gasteiger partial charge in [0.05, 0.1) is 13.0 Å². The van der Waals surface area contributed by atoms with Gasteiger partial charge < -0.3 is 9.84 Å². The molecule has 1 aromatic carbocycles. The number of ether oxygens (including phenoxy) is 1. The van der Waals surface area contributed by atoms with Gasteiger partial charge in [0.1, 0.15) is 11.6 Å². The van der Waals surface area contributed by atoms with E-state index < -0.39 is 17.7 Å². The molecule has 0 aromatic heterocycles. The zero-order chi connectivity index (χ0) is 15.8. The number of carboxylic acids is 1. The standard InChI is InChI=1S/C16H22FNO3.ClH/c1-16(2,3)18-8-12(13(9-18)15(19)20)11-6-5-10(21-4)7-14(11)17;/h5-7,12-13H,8-9H2,1-4H3,(H,19,20);1H/t12-,13+;/m0./s1. The van der Waals surface area contributed by atoms with E-state index in [4.69, 9.17) is 4.74 Å². The van der Waals surface area contributed by atoms with Crippen LogP contribution < -0.4 is 4.74 Å². The van der Waals surface area contributed by atoms with Crippen molar-refractivity contribution in [3.05, 3.63) is 29.6 Å². The number of rotatable bonds is 3. The summed E-state index contributed by atoms with van der Waals surface area (Å²) in [5, 5.41) is 9.45. The monoisotopic (exact) mass is 331 g/mol. The third kappa shape index (κ3) is 3.70. The molecule has 2 atom stereocenters. The number of methoxy groups -OCH3 is 1. The Kier molecular flexibility index (Phi) is 5.82. The molecule has 1 fully saturated rings. The Balaban J connectivity index is 0.00000242. The molecular formula is C16H23ClFNO3. The van der Waals surface area contributed by atoms with Gasteiger partial charge in [-0.2, -0.15) is 0 Å². The lowest BCUT2D eigenvalue weighted by atomic mass is 9.88. The highest BCUT2D eigenvalue weighted by Crippen LogP contribution is 2.38. The highest BCUT2D eigenvalue weighted by atomic mass is 35.5. The van der Waals surface area contributed by atoms with E-state index in [1.807, 2.05) is 20.8 Å². The van der Waals surface area contributed by atoms with Gasteiger partial charge in [0.2, 0.25) is 0 Å². The molecule has 22 heavy (non-hydrogen) atoms. The van der Waals surface area contributed by atoms with Crippen LogP contribution in [-0.4, -0.2) is 41.7 Å². The van der Waals surface area contributed by atoms with Crippen LogP contribution in [0.3, 0.4) is 0 Å². The number of halogens is 2. The molecule has 1 aromatic rings. The van der Waals surface area contributed by atoms with Crippen LogP contribution in [0.1, 0.15) is 32.3 Å². The molecule has 0 spiro atoms. The number of hydrogen-bond donors (Lipinski definition) is 1. The first-order valence-electron chi connectivity index (χ1n) is 7.05. The fourth-order valence-corrected chi connectivity index (χ4v) is 2.85. The molecule has 0 bridgehead atoms. The van der Waals surface area contributed by atoms with Gasteiger partial charge in [-0.3, -0.25) is 9.69 Å². The van der Waals surface area contributed by atoms with Crippen LogP contribution in [-0.2, 0) is 4.79 Å². The maximum Gasteiger partial charge on any atom is 0.308 e. The average molecular weight is 332 g/mol. The summed E-state index contributed by atoms with van der Waals surface area (Å²) in [5.41, 5.74) is 0.320. The van der Waals surface area contributed by atoms with E-state index in [9.17, 15) is 14.3 Å². The largest absolute Gasteiger partial charge is 0.497 e. The van der Waals surface area contributed by atoms with Crippen LogP contribution in [0.4, 0.5) is 4.39 Å². The molecule has 124 valence electrons. The van der Waals surface area contributed by atoms with Crippen molar-refractivity contribution in [2.45, 2.75) is 32.2 Å². The zero-order valence-electron chi connectivity index (χ0n) is 13.3. The van der Waals surface area contributed by atoms with Gasteiger partial charge in [-0.1, -0.05) is 6.07 Å². The maximum absolute atomic E-state index is 14.3. The molecule has 0 amide bonds. The topological polar surface area (TPSA) is 49.8 Å². The second-order valence-electron chi connectivity index (χ2n) is 6.51. The van der Waals surface area contributed by atoms with Crippen LogP contribution in [0.2, 0.25) is 0 Å². The normalized spacial score (nSPS) is 22.2. The van der Waals surface area contributed by atoms with Gasteiger partial charge in [0.15, 0.2) is 0 Å². The first-order chi connectivity index (χ1) is 9.74. The summed E-state index contributed by atoms with van der Waals surface area (Å²) in [7, 11) is 1.48. The Morgan fingerprint density at radius 3 is 2.45 bits per heavy atom. The summed E-state index contributed by atoms with van der Waals surface area (Å²) >= 11 is 0. The second kappa shape index (κ2) is 6.84. The lowest BCUT2D eigenvalue weighted by Crippen LogP contribution is -2.40. The van der Waals surface area contributed by atoms with Crippen molar-refractivity contribution in [2.75, 3.05) is 20.2 Å². The molecule has 1 aliphatic heterocycles. The Morgan fingerprint density at radius 1 is 1.36 bits per heavy atom. The lowest BCUT2D eigenvalue weighted by Gasteiger charge is -2.31. The van der Waals surface area contributed by atoms with E-state index in [0.717, 1.165) is 0 Å². The number of nitrogens with zero attached hydrogens (tertiary/aromatic N) is 1. The maximum atomic E-state index is 14.3. The van der Waals surface area contributed by atoms with Crippen molar-refractivity contribution >= 4 is 18.4 Å². The minimum Gasteiger partial charge on any atom is -0.497 e. The van der Waals surface area contributed by atoms with Gasteiger partial charge in [0, 0.05) is 30.6 Å². The summed E-state index contributed by atoms with van der Waals surface area (Å²) < 4.78 is 19.3. The van der Waals surface area contributed by atoms with E-state index in [2.05, 4.69) is 4.90 Å². The quantitative estimate of drug-likeness (QED) is 0.924. The third-order valence-electron chi connectivity index (χ3n) is 4.19. The van der Waals surface area contributed by atoms with Crippen LogP contribution in [0, 0.1) is 11.7 Å². The highest BCUT2D eigenvalue weighted by Gasteiger charge is 2.42. The molecule has 1 saturated heterocycles. The summed E-state index contributed by atoms with van der Waals surface area (Å²) in [6.45, 7) is 7.11. The van der Waals surface area contributed by atoms with Gasteiger partial charge >= 0.3 is 5.97 Å². The van der Waals surface area contributed by atoms with Crippen LogP contribution in [0.25, 0.3) is 0 Å². The van der Waals surface area contributed by atoms with Crippen molar-refractivity contribution in [2.24, 2.45) is 5.92 Å². The molecular weight excluding hydrogens is 309 g/mol. The number of carbonyl (C=O) groups is 1. The van der Waals surface area contributed by atoms with E-state index in [1.165, 1.54) is 13.2 Å². The molecule has 0 saturated carbocycles. The van der Waals surface area contributed by atoms with E-state index in [-0.39, 0.29) is 23.9 Å². The first-order valence-corrected chi connectivity index (χ1v) is 7.05. The molecule has 6 heteroatoms. The summed E-state index contributed by atoms with van der Waals surface area (Å²) in [5.74, 6) is -1.77. The van der Waals surface area contributed by atoms with Crippen molar-refractivity contribution in [3.63, 3.8) is 0 Å². The third-order valence-corrected chi connectivity index (χ3v) is 4.19. The summed E-state index contributed by atoms with van der Waals surface area (Å²) in [6.07, 6.45) is 0. The molecule has 0 unspecified atom stereocenters. The minimum atomic E-state index is -0.873. The Hall–Kier alpha value is -1.33. The Labute approximate surface area is 136 Å². The fourth-order valence-electron chi connectivity index (χ4n) is 2.85. The van der Waals surface area contributed by atoms with E-state index in [0.29, 0.717) is 24.4 Å². The minimum absolute atomic E-state index is 0. The van der Waals surface area contributed by atoms with E-state index in [1.54, 1.807) is 12.1 Å². The van der Waals surface area contributed by atoms with Gasteiger partial charge in [-0.05, 0) is 32.4 Å². The van der Waals surface area contributed by atoms with Crippen molar-refractivity contribution in [1.82, 2.24) is 4.90 Å². The molecule has 2 rings (SSSR count). The summed E-state index contributed by atoms with van der Waals surface area (Å²) in [6, 6.07) is 4.63. The number of carboxylic acid groups (broad SMARTS) is 1. The Bertz CT molecular complexity index is 545. The van der Waals surface area contributed by atoms with Crippen LogP contribution >= 0.6 is 12.4 Å². The molecule has 4 nitrogen and oxygen atoms in total. The molecule has 0 aliphatic carbocycles. The lowest BCUT2D eigenvalue weighted by molar-refractivity contribution is -0.141. The number of benzene rings is 1. The predicted octanol–water partition coefficient (Wildman–Crippen LogP) is 3.15. The van der Waals surface area contributed by atoms with Gasteiger partial charge in [0.25, 0.3) is 0 Å². The zero-order valence-corrected chi connectivity index (χ0v) is 14.1. The molecule has 0 radical (unpaired) electrons. The molecule has 1 N–H and O–H groups in total. The van der Waals surface area contributed by atoms with E-state index >= 15 is 0 Å². The average Bonchev–Trinajstić information content (AvgIpc) is 2.83. The van der Waals surface area contributed by atoms with Gasteiger partial charge in [-0.25, -0.2) is 4.39 Å². The smallest absolute Gasteiger partial charge is 0.308 e. The van der Waals surface area contributed by atoms with Crippen LogP contribution in [0.15, 0.2) is 18.2 Å². The number of aliphatic carboxylic acids is 1. The summed E-state index contributed by atoms with van der Waals surface area (Å²) in [4.78, 5) is 13.6. The first kappa shape index (κ1) is 18.7. The van der Waals surface area contributed by atoms with Crippen molar-refractivity contribution in [1.29, 1.82) is 0 Å². The second-order valence-corrected chi connectivity index (χ2v) is 6.51. The number of hydrogen-bond acceptors (Lipinski definition) is 3. The highest BCUT2D eigenvalue weighted by molar-refractivity contribution is 5.85.